The predicted octanol–water partition coefficient (Wildman–Crippen LogP) is 4.71. The number of hydrogen-bond acceptors (Lipinski definition) is 4. The fraction of sp³-hybridized carbons (Fsp3) is 0.400. The Morgan fingerprint density at radius 3 is 2.38 bits per heavy atom. The van der Waals surface area contributed by atoms with Gasteiger partial charge in [0.05, 0.1) is 4.90 Å². The molecule has 0 aliphatic carbocycles. The van der Waals surface area contributed by atoms with E-state index in [1.807, 2.05) is 12.1 Å². The predicted molar refractivity (Wildman–Crippen MR) is 112 cm³/mol. The minimum absolute atomic E-state index is 0. The Bertz CT molecular complexity index is 878. The third-order valence-corrected chi connectivity index (χ3v) is 6.20. The molecule has 2 aromatic carbocycles. The van der Waals surface area contributed by atoms with Crippen molar-refractivity contribution < 1.29 is 21.9 Å². The molecule has 1 atom stereocenters. The van der Waals surface area contributed by atoms with Crippen LogP contribution in [0, 0.1) is 0 Å². The Hall–Kier alpha value is -1.90. The van der Waals surface area contributed by atoms with Crippen LogP contribution in [0.25, 0.3) is 0 Å². The molecule has 3 rings (SSSR count). The topological polar surface area (TPSA) is 58.6 Å². The highest BCUT2D eigenvalue weighted by atomic mass is 35.5. The van der Waals surface area contributed by atoms with Gasteiger partial charge in [-0.05, 0) is 73.8 Å². The lowest BCUT2D eigenvalue weighted by Gasteiger charge is -2.15. The Morgan fingerprint density at radius 1 is 1.14 bits per heavy atom. The molecule has 0 bridgehead atoms. The highest BCUT2D eigenvalue weighted by molar-refractivity contribution is 7.92. The van der Waals surface area contributed by atoms with E-state index in [4.69, 9.17) is 0 Å². The van der Waals surface area contributed by atoms with Crippen molar-refractivity contribution in [1.82, 2.24) is 4.90 Å². The Kier molecular flexibility index (Phi) is 8.24. The SMILES string of the molecule is CCCN1CC[C@@H](c2ccc(NS(=O)(=O)c3ccc(OC(F)F)cc3)cc2)C1.Cl. The summed E-state index contributed by atoms with van der Waals surface area (Å²) in [6.45, 7) is 2.46. The van der Waals surface area contributed by atoms with Crippen molar-refractivity contribution in [3.05, 3.63) is 54.1 Å². The molecule has 0 radical (unpaired) electrons. The second kappa shape index (κ2) is 10.2. The average molecular weight is 447 g/mol. The summed E-state index contributed by atoms with van der Waals surface area (Å²) in [5, 5.41) is 0. The van der Waals surface area contributed by atoms with Gasteiger partial charge in [0.1, 0.15) is 5.75 Å². The van der Waals surface area contributed by atoms with E-state index in [1.165, 1.54) is 29.8 Å². The molecule has 0 unspecified atom stereocenters. The lowest BCUT2D eigenvalue weighted by atomic mass is 9.98. The van der Waals surface area contributed by atoms with Gasteiger partial charge < -0.3 is 9.64 Å². The molecule has 0 spiro atoms. The lowest BCUT2D eigenvalue weighted by molar-refractivity contribution is -0.0498. The molecule has 1 N–H and O–H groups in total. The van der Waals surface area contributed by atoms with Gasteiger partial charge in [0, 0.05) is 12.2 Å². The van der Waals surface area contributed by atoms with Gasteiger partial charge in [-0.3, -0.25) is 4.72 Å². The number of nitrogens with zero attached hydrogens (tertiary/aromatic N) is 1. The number of nitrogens with one attached hydrogen (secondary N) is 1. The van der Waals surface area contributed by atoms with Gasteiger partial charge in [-0.25, -0.2) is 8.42 Å². The number of benzene rings is 2. The molecule has 0 saturated carbocycles. The molecule has 0 amide bonds. The van der Waals surface area contributed by atoms with Crippen LogP contribution >= 0.6 is 12.4 Å². The molecule has 1 fully saturated rings. The second-order valence-corrected chi connectivity index (χ2v) is 8.55. The molecule has 160 valence electrons. The van der Waals surface area contributed by atoms with Crippen LogP contribution in [0.5, 0.6) is 5.75 Å². The van der Waals surface area contributed by atoms with Gasteiger partial charge in [-0.2, -0.15) is 8.78 Å². The third-order valence-electron chi connectivity index (χ3n) is 4.81. The minimum Gasteiger partial charge on any atom is -0.435 e. The number of anilines is 1. The van der Waals surface area contributed by atoms with Crippen LogP contribution in [0.3, 0.4) is 0 Å². The number of sulfonamides is 1. The molecule has 9 heteroatoms. The van der Waals surface area contributed by atoms with E-state index in [0.717, 1.165) is 32.5 Å². The maximum atomic E-state index is 12.5. The van der Waals surface area contributed by atoms with E-state index >= 15 is 0 Å². The van der Waals surface area contributed by atoms with Crippen molar-refractivity contribution in [2.24, 2.45) is 0 Å². The van der Waals surface area contributed by atoms with Gasteiger partial charge in [-0.1, -0.05) is 19.1 Å². The number of ether oxygens (including phenoxy) is 1. The number of alkyl halides is 2. The molecule has 1 heterocycles. The summed E-state index contributed by atoms with van der Waals surface area (Å²) in [6, 6.07) is 12.3. The number of halogens is 3. The molecular formula is C20H25ClF2N2O3S. The largest absolute Gasteiger partial charge is 0.435 e. The summed E-state index contributed by atoms with van der Waals surface area (Å²) in [5.41, 5.74) is 1.66. The van der Waals surface area contributed by atoms with Crippen molar-refractivity contribution >= 4 is 28.1 Å². The first kappa shape index (κ1) is 23.4. The molecule has 2 aromatic rings. The fourth-order valence-electron chi connectivity index (χ4n) is 3.46. The lowest BCUT2D eigenvalue weighted by Crippen LogP contribution is -2.20. The third kappa shape index (κ3) is 6.29. The quantitative estimate of drug-likeness (QED) is 0.638. The van der Waals surface area contributed by atoms with Crippen molar-refractivity contribution in [2.75, 3.05) is 24.4 Å². The van der Waals surface area contributed by atoms with Gasteiger partial charge in [0.15, 0.2) is 0 Å². The fourth-order valence-corrected chi connectivity index (χ4v) is 4.52. The molecule has 5 nitrogen and oxygen atoms in total. The standard InChI is InChI=1S/C20H24F2N2O3S.ClH/c1-2-12-24-13-11-16(14-24)15-3-5-17(6-4-15)23-28(25,26)19-9-7-18(8-10-19)27-20(21)22;/h3-10,16,20,23H,2,11-14H2,1H3;1H/t16-;/m1./s1. The van der Waals surface area contributed by atoms with Crippen LogP contribution < -0.4 is 9.46 Å². The maximum Gasteiger partial charge on any atom is 0.387 e. The summed E-state index contributed by atoms with van der Waals surface area (Å²) < 4.78 is 56.1. The summed E-state index contributed by atoms with van der Waals surface area (Å²) in [4.78, 5) is 2.42. The normalized spacial score (nSPS) is 17.2. The van der Waals surface area contributed by atoms with E-state index in [-0.39, 0.29) is 23.1 Å². The van der Waals surface area contributed by atoms with Crippen LogP contribution in [-0.2, 0) is 10.0 Å². The zero-order chi connectivity index (χ0) is 20.1. The van der Waals surface area contributed by atoms with E-state index in [0.29, 0.717) is 11.6 Å². The Labute approximate surface area is 176 Å². The van der Waals surface area contributed by atoms with Crippen molar-refractivity contribution in [3.8, 4) is 5.75 Å². The summed E-state index contributed by atoms with van der Waals surface area (Å²) >= 11 is 0. The van der Waals surface area contributed by atoms with Gasteiger partial charge in [0.25, 0.3) is 10.0 Å². The van der Waals surface area contributed by atoms with Crippen LogP contribution in [0.15, 0.2) is 53.4 Å². The molecular weight excluding hydrogens is 422 g/mol. The first-order valence-electron chi connectivity index (χ1n) is 9.27. The van der Waals surface area contributed by atoms with Gasteiger partial charge >= 0.3 is 6.61 Å². The van der Waals surface area contributed by atoms with Crippen LogP contribution in [0.1, 0.15) is 31.2 Å². The van der Waals surface area contributed by atoms with Crippen molar-refractivity contribution in [3.63, 3.8) is 0 Å². The average Bonchev–Trinajstić information content (AvgIpc) is 3.11. The maximum absolute atomic E-state index is 12.5. The molecule has 1 aliphatic heterocycles. The van der Waals surface area contributed by atoms with E-state index in [2.05, 4.69) is 21.3 Å². The number of hydrogen-bond donors (Lipinski definition) is 1. The van der Waals surface area contributed by atoms with E-state index < -0.39 is 16.6 Å². The summed E-state index contributed by atoms with van der Waals surface area (Å²) in [7, 11) is -3.81. The number of rotatable bonds is 8. The second-order valence-electron chi connectivity index (χ2n) is 6.86. The first-order chi connectivity index (χ1) is 13.4. The zero-order valence-electron chi connectivity index (χ0n) is 16.1. The zero-order valence-corrected chi connectivity index (χ0v) is 17.7. The van der Waals surface area contributed by atoms with Gasteiger partial charge in [-0.15, -0.1) is 12.4 Å². The van der Waals surface area contributed by atoms with Crippen LogP contribution in [0.2, 0.25) is 0 Å². The van der Waals surface area contributed by atoms with Crippen molar-refractivity contribution in [1.29, 1.82) is 0 Å². The van der Waals surface area contributed by atoms with Crippen molar-refractivity contribution in [2.45, 2.75) is 37.2 Å². The highest BCUT2D eigenvalue weighted by Crippen LogP contribution is 2.28. The molecule has 0 aromatic heterocycles. The van der Waals surface area contributed by atoms with E-state index in [1.54, 1.807) is 12.1 Å². The minimum atomic E-state index is -3.81. The van der Waals surface area contributed by atoms with Crippen LogP contribution in [0.4, 0.5) is 14.5 Å². The van der Waals surface area contributed by atoms with E-state index in [9.17, 15) is 17.2 Å². The summed E-state index contributed by atoms with van der Waals surface area (Å²) in [6.07, 6.45) is 2.25. The Balaban J connectivity index is 0.00000300. The van der Waals surface area contributed by atoms with Crippen LogP contribution in [-0.4, -0.2) is 39.6 Å². The molecule has 1 aliphatic rings. The first-order valence-corrected chi connectivity index (χ1v) is 10.8. The van der Waals surface area contributed by atoms with Gasteiger partial charge in [0.2, 0.25) is 0 Å². The smallest absolute Gasteiger partial charge is 0.387 e. The Morgan fingerprint density at radius 2 is 1.79 bits per heavy atom. The molecule has 29 heavy (non-hydrogen) atoms. The molecule has 1 saturated heterocycles. The monoisotopic (exact) mass is 446 g/mol. The number of likely N-dealkylation sites (tertiary alicyclic amines) is 1. The highest BCUT2D eigenvalue weighted by Gasteiger charge is 2.23. The summed E-state index contributed by atoms with van der Waals surface area (Å²) in [5.74, 6) is 0.381.